The van der Waals surface area contributed by atoms with Gasteiger partial charge in [-0.1, -0.05) is 166 Å². The van der Waals surface area contributed by atoms with E-state index >= 15 is 0 Å². The number of halogens is 15. The molecule has 12 aromatic rings. The van der Waals surface area contributed by atoms with Crippen LogP contribution in [0.1, 0.15) is 151 Å². The highest BCUT2D eigenvalue weighted by Gasteiger charge is 2.42. The molecule has 27 nitrogen and oxygen atoms in total. The van der Waals surface area contributed by atoms with Gasteiger partial charge in [0.1, 0.15) is 66.9 Å². The molecule has 3 amide bonds. The normalized spacial score (nSPS) is 16.6. The van der Waals surface area contributed by atoms with Gasteiger partial charge < -0.3 is 46.6 Å². The van der Waals surface area contributed by atoms with Gasteiger partial charge in [-0.15, -0.1) is 0 Å². The lowest BCUT2D eigenvalue weighted by atomic mass is 10.0. The van der Waals surface area contributed by atoms with E-state index in [1.165, 1.54) is 50.1 Å². The number of hydrogen-bond acceptors (Lipinski definition) is 21. The minimum absolute atomic E-state index is 0.0116. The predicted molar refractivity (Wildman–Crippen MR) is 545 cm³/mol. The second kappa shape index (κ2) is 41.5. The molecule has 6 N–H and O–H groups in total. The molecule has 732 valence electrons. The summed E-state index contributed by atoms with van der Waals surface area (Å²) in [4.78, 5) is 120. The van der Waals surface area contributed by atoms with Gasteiger partial charge in [-0.25, -0.2) is 41.3 Å². The molecule has 0 spiro atoms. The van der Waals surface area contributed by atoms with Gasteiger partial charge in [-0.05, 0) is 151 Å². The molecule has 0 bridgehead atoms. The molecule has 0 aliphatic carbocycles. The van der Waals surface area contributed by atoms with E-state index in [0.29, 0.717) is 67.0 Å². The van der Waals surface area contributed by atoms with Crippen LogP contribution in [0.4, 0.5) is 60.5 Å². The number of pyridine rings is 9. The molecule has 141 heavy (non-hydrogen) atoms. The summed E-state index contributed by atoms with van der Waals surface area (Å²) in [6, 6.07) is 13.8. The third kappa shape index (κ3) is 18.4. The highest BCUT2D eigenvalue weighted by molar-refractivity contribution is 6.42. The minimum atomic E-state index is -1.26. The molecule has 12 heterocycles. The topological polar surface area (TPSA) is 363 Å². The molecule has 0 unspecified atom stereocenters. The van der Waals surface area contributed by atoms with E-state index in [1.807, 2.05) is 97.8 Å². The fourth-order valence-corrected chi connectivity index (χ4v) is 21.2. The second-order valence-corrected chi connectivity index (χ2v) is 38.8. The molecule has 3 aliphatic heterocycles. The zero-order valence-electron chi connectivity index (χ0n) is 78.4. The van der Waals surface area contributed by atoms with Crippen molar-refractivity contribution in [3.8, 4) is 69.0 Å². The Morgan fingerprint density at radius 3 is 0.787 bits per heavy atom. The smallest absolute Gasteiger partial charge is 0.276 e. The van der Waals surface area contributed by atoms with Crippen molar-refractivity contribution in [2.24, 2.45) is 0 Å². The Morgan fingerprint density at radius 2 is 0.596 bits per heavy atom. The molecular weight excluding hydrogens is 2010 g/mol. The van der Waals surface area contributed by atoms with Gasteiger partial charge in [0.15, 0.2) is 34.9 Å². The van der Waals surface area contributed by atoms with Gasteiger partial charge >= 0.3 is 0 Å². The highest BCUT2D eigenvalue weighted by Crippen LogP contribution is 2.51. The van der Waals surface area contributed by atoms with Crippen LogP contribution in [0.2, 0.25) is 45.2 Å². The molecule has 9 aromatic heterocycles. The largest absolute Gasteiger partial charge is 0.396 e. The van der Waals surface area contributed by atoms with Gasteiger partial charge in [0.2, 0.25) is 17.7 Å². The first-order valence-electron chi connectivity index (χ1n) is 43.9. The maximum absolute atomic E-state index is 15.0. The molecule has 3 fully saturated rings. The van der Waals surface area contributed by atoms with Crippen molar-refractivity contribution in [3.63, 3.8) is 0 Å². The van der Waals surface area contributed by atoms with Crippen molar-refractivity contribution >= 4 is 189 Å². The summed E-state index contributed by atoms with van der Waals surface area (Å²) in [6.07, 6.45) is 8.57. The Labute approximate surface area is 850 Å². The Hall–Kier alpha value is -12.7. The lowest BCUT2D eigenvalue weighted by molar-refractivity contribution is -0.131. The van der Waals surface area contributed by atoms with Crippen LogP contribution in [0.15, 0.2) is 107 Å². The van der Waals surface area contributed by atoms with Crippen molar-refractivity contribution in [2.75, 3.05) is 71.2 Å². The monoisotopic (exact) mass is 2100 g/mol. The van der Waals surface area contributed by atoms with Gasteiger partial charge in [-0.2, -0.15) is 15.8 Å². The number of benzene rings is 3. The maximum Gasteiger partial charge on any atom is 0.276 e. The number of carbonyl (C=O) groups excluding carboxylic acids is 3. The number of piperazine rings is 3. The van der Waals surface area contributed by atoms with Gasteiger partial charge in [-0.3, -0.25) is 57.4 Å². The zero-order chi connectivity index (χ0) is 104. The number of nitrogen functional groups attached to an aromatic ring is 3. The number of anilines is 6. The number of aromatic nitrogens is 9. The fourth-order valence-electron chi connectivity index (χ4n) is 18.9. The zero-order valence-corrected chi connectivity index (χ0v) is 85.2. The summed E-state index contributed by atoms with van der Waals surface area (Å²) in [5.41, 5.74) is 17.5. The van der Waals surface area contributed by atoms with Crippen LogP contribution in [-0.2, 0) is 14.4 Å². The van der Waals surface area contributed by atoms with E-state index in [9.17, 15) is 70.9 Å². The molecular formula is C99H90Cl9F6N21O6. The van der Waals surface area contributed by atoms with Crippen LogP contribution in [-0.4, -0.2) is 152 Å². The Kier molecular flexibility index (Phi) is 31.0. The summed E-state index contributed by atoms with van der Waals surface area (Å²) < 4.78 is 93.8. The van der Waals surface area contributed by atoms with Crippen LogP contribution < -0.4 is 48.6 Å². The van der Waals surface area contributed by atoms with Crippen LogP contribution >= 0.6 is 104 Å². The summed E-state index contributed by atoms with van der Waals surface area (Å²) in [5.74, 6) is -8.75. The number of aryl methyl sites for hydroxylation is 3. The Bertz CT molecular complexity index is 6860. The average molecular weight is 2100 g/mol. The predicted octanol–water partition coefficient (Wildman–Crippen LogP) is 21.6. The molecule has 6 atom stereocenters. The summed E-state index contributed by atoms with van der Waals surface area (Å²) in [5, 5.41) is 27.6. The number of hydrogen-bond donors (Lipinski definition) is 3. The molecule has 3 aliphatic rings. The van der Waals surface area contributed by atoms with E-state index in [-0.39, 0.29) is 211 Å². The van der Waals surface area contributed by atoms with E-state index in [4.69, 9.17) is 137 Å². The number of rotatable bonds is 15. The minimum Gasteiger partial charge on any atom is -0.396 e. The van der Waals surface area contributed by atoms with E-state index in [2.05, 4.69) is 52.9 Å². The molecule has 3 saturated heterocycles. The van der Waals surface area contributed by atoms with Crippen LogP contribution in [0.5, 0.6) is 0 Å². The van der Waals surface area contributed by atoms with Crippen molar-refractivity contribution in [1.82, 2.24) is 58.3 Å². The second-order valence-electron chi connectivity index (χ2n) is 35.3. The third-order valence-electron chi connectivity index (χ3n) is 25.0. The SMILES string of the molecule is C=CC(=O)N1[C@H](C)CN(c2c(C#N)c(=O)n(-c3c(C)ccnc3C(C)C)c3nc(-c4c(N)c(F)c(Cl)c(F)c4Cl)c(Cl)cc23)C[C@@H]1C.C=CC(=O)N1[C@H](C)CN(c2c(C#N)c(=O)n(-c3c(C)ccnc3C(C)C)c3nc(-c4c(N)c(F)c(Cl)c(F)c4Cl)c(Cl)cc23)C[C@@H]1C.C=CC(=O)N1[C@H](C)CN(c2c(C#N)c(=O)n(-c3c(C)ccnc3C(C)C)c3nc(-c4c(N)c(F)c(Cl)c(F)c4Cl)c(Cl)cc23)C[C@@H]1C. The molecule has 42 heteroatoms. The molecule has 3 aromatic carbocycles. The quantitative estimate of drug-likeness (QED) is 0.0282. The van der Waals surface area contributed by atoms with Crippen LogP contribution in [0.3, 0.4) is 0 Å². The molecule has 15 rings (SSSR count). The van der Waals surface area contributed by atoms with Gasteiger partial charge in [0.05, 0.1) is 115 Å². The van der Waals surface area contributed by atoms with E-state index < -0.39 is 98.8 Å². The number of fused-ring (bicyclic) bond motifs is 3. The lowest BCUT2D eigenvalue weighted by Crippen LogP contribution is -2.58. The van der Waals surface area contributed by atoms with Gasteiger partial charge in [0, 0.05) is 127 Å². The first kappa shape index (κ1) is 106. The van der Waals surface area contributed by atoms with Crippen LogP contribution in [0.25, 0.3) is 83.9 Å². The summed E-state index contributed by atoms with van der Waals surface area (Å²) in [6.45, 7) is 40.2. The summed E-state index contributed by atoms with van der Waals surface area (Å²) in [7, 11) is 0. The number of amides is 3. The Morgan fingerprint density at radius 1 is 0.383 bits per heavy atom. The standard InChI is InChI=1S/3C33H30Cl3F2N7O2/c3*1-7-21(46)44-16(5)12-43(13-17(44)6)31-18-10-20(34)29(22-23(35)25(37)24(36)26(38)27(22)40)42-32(18)45(33(47)19(31)11-39)30-15(4)8-9-41-28(30)14(2)3/h3*7-10,14,16-17H,1,12-13,40H2,2-6H3/t3*16-,17+. The molecule has 0 saturated carbocycles. The van der Waals surface area contributed by atoms with Crippen molar-refractivity contribution in [1.29, 1.82) is 15.8 Å². The van der Waals surface area contributed by atoms with Crippen molar-refractivity contribution < 1.29 is 40.7 Å². The van der Waals surface area contributed by atoms with Gasteiger partial charge in [0.25, 0.3) is 16.7 Å². The third-order valence-corrected chi connectivity index (χ3v) is 27.9. The summed E-state index contributed by atoms with van der Waals surface area (Å²) >= 11 is 56.8. The maximum atomic E-state index is 15.0. The fraction of sp³-hybridized carbons (Fsp3) is 0.303. The first-order chi connectivity index (χ1) is 66.5. The average Bonchev–Trinajstić information content (AvgIpc) is 0.725. The number of nitrogens with two attached hydrogens (primary N) is 3. The van der Waals surface area contributed by atoms with E-state index in [1.54, 1.807) is 72.3 Å². The Balaban J connectivity index is 0.000000178. The number of nitriles is 3. The van der Waals surface area contributed by atoms with Crippen molar-refractivity contribution in [3.05, 3.63) is 255 Å². The first-order valence-corrected chi connectivity index (χ1v) is 47.3. The lowest BCUT2D eigenvalue weighted by Gasteiger charge is -2.45. The highest BCUT2D eigenvalue weighted by atomic mass is 35.5. The van der Waals surface area contributed by atoms with E-state index in [0.717, 1.165) is 0 Å². The van der Waals surface area contributed by atoms with Crippen LogP contribution in [0, 0.1) is 89.7 Å². The molecule has 0 radical (unpaired) electrons. The number of nitrogens with zero attached hydrogens (tertiary/aromatic N) is 18. The van der Waals surface area contributed by atoms with Crippen molar-refractivity contribution in [2.45, 2.75) is 158 Å². The number of carbonyl (C=O) groups is 3.